The maximum Gasteiger partial charge on any atom is 0.262 e. The van der Waals surface area contributed by atoms with Gasteiger partial charge in [0.15, 0.2) is 0 Å². The van der Waals surface area contributed by atoms with Gasteiger partial charge in [-0.3, -0.25) is 9.69 Å². The summed E-state index contributed by atoms with van der Waals surface area (Å²) < 4.78 is 2.06. The highest BCUT2D eigenvalue weighted by Crippen LogP contribution is 2.43. The van der Waals surface area contributed by atoms with Crippen molar-refractivity contribution in [3.05, 3.63) is 71.0 Å². The zero-order valence-corrected chi connectivity index (χ0v) is 14.8. The minimum Gasteiger partial charge on any atom is -0.508 e. The van der Waals surface area contributed by atoms with Gasteiger partial charge in [-0.05, 0) is 48.9 Å². The van der Waals surface area contributed by atoms with Gasteiger partial charge in [-0.25, -0.2) is 0 Å². The number of hydrogen-bond donors (Lipinski definition) is 2. The molecule has 5 nitrogen and oxygen atoms in total. The summed E-state index contributed by atoms with van der Waals surface area (Å²) in [5, 5.41) is 20.2. The lowest BCUT2D eigenvalue weighted by atomic mass is 10.0. The quantitative estimate of drug-likeness (QED) is 0.691. The van der Waals surface area contributed by atoms with Crippen LogP contribution in [0.1, 0.15) is 35.4 Å². The molecule has 0 saturated carbocycles. The number of phenols is 2. The van der Waals surface area contributed by atoms with Crippen LogP contribution in [0.5, 0.6) is 11.5 Å². The molecule has 3 aromatic rings. The lowest BCUT2D eigenvalue weighted by molar-refractivity contribution is 0.0971. The Bertz CT molecular complexity index is 1010. The van der Waals surface area contributed by atoms with E-state index in [0.29, 0.717) is 17.1 Å². The molecule has 1 aromatic heterocycles. The third kappa shape index (κ3) is 2.44. The molecule has 0 bridgehead atoms. The van der Waals surface area contributed by atoms with Crippen LogP contribution in [0.15, 0.2) is 54.7 Å². The van der Waals surface area contributed by atoms with Crippen molar-refractivity contribution in [2.45, 2.75) is 19.4 Å². The average Bonchev–Trinajstić information content (AvgIpc) is 3.09. The molecule has 2 N–H and O–H groups in total. The van der Waals surface area contributed by atoms with Crippen LogP contribution in [-0.2, 0) is 0 Å². The van der Waals surface area contributed by atoms with Gasteiger partial charge >= 0.3 is 0 Å². The van der Waals surface area contributed by atoms with Crippen molar-refractivity contribution in [1.82, 2.24) is 4.57 Å². The summed E-state index contributed by atoms with van der Waals surface area (Å²) >= 11 is 6.21. The van der Waals surface area contributed by atoms with Gasteiger partial charge in [0, 0.05) is 23.0 Å². The number of hydrogen-bond acceptors (Lipinski definition) is 3. The molecule has 1 aliphatic heterocycles. The van der Waals surface area contributed by atoms with E-state index in [1.165, 1.54) is 18.2 Å². The number of aromatic nitrogens is 1. The number of anilines is 1. The van der Waals surface area contributed by atoms with Gasteiger partial charge in [0.25, 0.3) is 5.91 Å². The molecular weight excluding hydrogens is 352 g/mol. The summed E-state index contributed by atoms with van der Waals surface area (Å²) in [6.45, 7) is 2.01. The van der Waals surface area contributed by atoms with Crippen LogP contribution < -0.4 is 4.90 Å². The molecule has 0 radical (unpaired) electrons. The molecule has 1 atom stereocenters. The third-order valence-corrected chi connectivity index (χ3v) is 4.94. The van der Waals surface area contributed by atoms with Crippen LogP contribution in [0.25, 0.3) is 5.69 Å². The maximum absolute atomic E-state index is 13.3. The van der Waals surface area contributed by atoms with E-state index < -0.39 is 0 Å². The number of rotatable bonds is 2. The van der Waals surface area contributed by atoms with E-state index in [1.54, 1.807) is 17.0 Å². The second kappa shape index (κ2) is 6.11. The molecule has 2 aromatic carbocycles. The van der Waals surface area contributed by atoms with Gasteiger partial charge in [-0.1, -0.05) is 18.5 Å². The lowest BCUT2D eigenvalue weighted by Crippen LogP contribution is -2.39. The number of amides is 1. The summed E-state index contributed by atoms with van der Waals surface area (Å²) in [6.07, 6.45) is 2.66. The molecular formula is C20H17ClN2O3. The fourth-order valence-electron chi connectivity index (χ4n) is 3.55. The summed E-state index contributed by atoms with van der Waals surface area (Å²) in [4.78, 5) is 15.0. The summed E-state index contributed by atoms with van der Waals surface area (Å²) in [5.74, 6) is -0.693. The number of nitrogens with zero attached hydrogens (tertiary/aromatic N) is 2. The number of carbonyl (C=O) groups is 1. The van der Waals surface area contributed by atoms with Crippen molar-refractivity contribution in [3.8, 4) is 17.2 Å². The third-order valence-electron chi connectivity index (χ3n) is 4.71. The SMILES string of the molecule is CCC1c2cccn2-c2ccc(Cl)cc2N1C(=O)c1ccc(O)cc1O. The minimum absolute atomic E-state index is 0.0953. The Morgan fingerprint density at radius 3 is 2.65 bits per heavy atom. The number of phenolic OH excluding ortho intramolecular Hbond substituents is 2. The first-order chi connectivity index (χ1) is 12.5. The van der Waals surface area contributed by atoms with Crippen LogP contribution in [0.3, 0.4) is 0 Å². The first-order valence-corrected chi connectivity index (χ1v) is 8.71. The average molecular weight is 369 g/mol. The minimum atomic E-state index is -0.342. The van der Waals surface area contributed by atoms with E-state index >= 15 is 0 Å². The molecule has 0 spiro atoms. The zero-order valence-electron chi connectivity index (χ0n) is 14.1. The predicted octanol–water partition coefficient (Wildman–Crippen LogP) is 4.65. The highest BCUT2D eigenvalue weighted by molar-refractivity contribution is 6.31. The second-order valence-electron chi connectivity index (χ2n) is 6.24. The van der Waals surface area contributed by atoms with Crippen LogP contribution >= 0.6 is 11.6 Å². The molecule has 6 heteroatoms. The van der Waals surface area contributed by atoms with Crippen molar-refractivity contribution >= 4 is 23.2 Å². The van der Waals surface area contributed by atoms with Crippen molar-refractivity contribution in [2.24, 2.45) is 0 Å². The van der Waals surface area contributed by atoms with E-state index in [2.05, 4.69) is 4.57 Å². The molecule has 0 aliphatic carbocycles. The number of benzene rings is 2. The smallest absolute Gasteiger partial charge is 0.262 e. The number of aromatic hydroxyl groups is 2. The Hall–Kier alpha value is -2.92. The Labute approximate surface area is 155 Å². The Morgan fingerprint density at radius 1 is 1.12 bits per heavy atom. The van der Waals surface area contributed by atoms with E-state index in [9.17, 15) is 15.0 Å². The topological polar surface area (TPSA) is 65.7 Å². The molecule has 0 fully saturated rings. The molecule has 1 amide bonds. The second-order valence-corrected chi connectivity index (χ2v) is 6.67. The van der Waals surface area contributed by atoms with E-state index in [-0.39, 0.29) is 29.0 Å². The zero-order chi connectivity index (χ0) is 18.4. The van der Waals surface area contributed by atoms with E-state index in [4.69, 9.17) is 11.6 Å². The van der Waals surface area contributed by atoms with Crippen molar-refractivity contribution < 1.29 is 15.0 Å². The molecule has 26 heavy (non-hydrogen) atoms. The van der Waals surface area contributed by atoms with Crippen LogP contribution in [0.2, 0.25) is 5.02 Å². The maximum atomic E-state index is 13.3. The molecule has 1 unspecified atom stereocenters. The molecule has 4 rings (SSSR count). The highest BCUT2D eigenvalue weighted by Gasteiger charge is 2.35. The normalized spacial score (nSPS) is 15.5. The van der Waals surface area contributed by atoms with Gasteiger partial charge in [0.05, 0.1) is 23.0 Å². The number of halogens is 1. The predicted molar refractivity (Wildman–Crippen MR) is 100 cm³/mol. The van der Waals surface area contributed by atoms with E-state index in [1.807, 2.05) is 31.3 Å². The van der Waals surface area contributed by atoms with Crippen LogP contribution in [0.4, 0.5) is 5.69 Å². The van der Waals surface area contributed by atoms with Crippen molar-refractivity contribution in [1.29, 1.82) is 0 Å². The lowest BCUT2D eigenvalue weighted by Gasteiger charge is -2.38. The molecule has 1 aliphatic rings. The summed E-state index contributed by atoms with van der Waals surface area (Å²) in [5.41, 5.74) is 2.66. The summed E-state index contributed by atoms with van der Waals surface area (Å²) in [7, 11) is 0. The number of fused-ring (bicyclic) bond motifs is 3. The van der Waals surface area contributed by atoms with Crippen LogP contribution in [0, 0.1) is 0 Å². The molecule has 132 valence electrons. The van der Waals surface area contributed by atoms with Crippen LogP contribution in [-0.4, -0.2) is 20.7 Å². The van der Waals surface area contributed by atoms with Gasteiger partial charge in [-0.2, -0.15) is 0 Å². The highest BCUT2D eigenvalue weighted by atomic mass is 35.5. The largest absolute Gasteiger partial charge is 0.508 e. The fourth-order valence-corrected chi connectivity index (χ4v) is 3.72. The Kier molecular flexibility index (Phi) is 3.89. The first-order valence-electron chi connectivity index (χ1n) is 8.34. The van der Waals surface area contributed by atoms with Gasteiger partial charge in [-0.15, -0.1) is 0 Å². The standard InChI is InChI=1S/C20H17ClN2O3/c1-2-15-16-4-3-9-22(16)17-8-5-12(21)10-18(17)23(15)20(26)14-7-6-13(24)11-19(14)25/h3-11,15,24-25H,2H2,1H3. The van der Waals surface area contributed by atoms with Gasteiger partial charge in [0.2, 0.25) is 0 Å². The number of carbonyl (C=O) groups excluding carboxylic acids is 1. The molecule has 2 heterocycles. The summed E-state index contributed by atoms with van der Waals surface area (Å²) in [6, 6.07) is 13.2. The fraction of sp³-hybridized carbons (Fsp3) is 0.150. The van der Waals surface area contributed by atoms with Gasteiger partial charge in [0.1, 0.15) is 11.5 Å². The van der Waals surface area contributed by atoms with Gasteiger partial charge < -0.3 is 14.8 Å². The molecule has 0 saturated heterocycles. The van der Waals surface area contributed by atoms with Crippen molar-refractivity contribution in [3.63, 3.8) is 0 Å². The Balaban J connectivity index is 1.92. The monoisotopic (exact) mass is 368 g/mol. The first kappa shape index (κ1) is 16.5. The van der Waals surface area contributed by atoms with Crippen molar-refractivity contribution in [2.75, 3.05) is 4.90 Å². The Morgan fingerprint density at radius 2 is 1.92 bits per heavy atom. The van der Waals surface area contributed by atoms with E-state index in [0.717, 1.165) is 11.4 Å².